The molecule has 0 saturated heterocycles. The van der Waals surface area contributed by atoms with Gasteiger partial charge >= 0.3 is 5.97 Å². The van der Waals surface area contributed by atoms with Crippen LogP contribution in [0.1, 0.15) is 28.7 Å². The van der Waals surface area contributed by atoms with E-state index < -0.39 is 18.0 Å². The van der Waals surface area contributed by atoms with Crippen LogP contribution in [0.5, 0.6) is 5.75 Å². The molecular weight excluding hydrogens is 358 g/mol. The van der Waals surface area contributed by atoms with E-state index in [4.69, 9.17) is 9.47 Å². The molecule has 0 bridgehead atoms. The van der Waals surface area contributed by atoms with Crippen LogP contribution in [0, 0.1) is 13.8 Å². The van der Waals surface area contributed by atoms with Crippen molar-refractivity contribution in [1.82, 2.24) is 9.97 Å². The average molecular weight is 379 g/mol. The SMILES string of the molecule is COc1ccccc1NC(=O)[C@@H](C)OC(=O)c1ccc2nc(C)c(C)nc2c1. The van der Waals surface area contributed by atoms with Gasteiger partial charge < -0.3 is 14.8 Å². The highest BCUT2D eigenvalue weighted by Crippen LogP contribution is 2.23. The Morgan fingerprint density at radius 3 is 2.39 bits per heavy atom. The van der Waals surface area contributed by atoms with Crippen molar-refractivity contribution in [3.8, 4) is 5.75 Å². The maximum absolute atomic E-state index is 12.5. The summed E-state index contributed by atoms with van der Waals surface area (Å²) in [5, 5.41) is 2.70. The van der Waals surface area contributed by atoms with Gasteiger partial charge in [0.05, 0.1) is 40.8 Å². The Balaban J connectivity index is 1.72. The van der Waals surface area contributed by atoms with Crippen molar-refractivity contribution >= 4 is 28.6 Å². The number of aryl methyl sites for hydroxylation is 2. The van der Waals surface area contributed by atoms with Gasteiger partial charge in [-0.2, -0.15) is 0 Å². The predicted octanol–water partition coefficient (Wildman–Crippen LogP) is 3.44. The molecule has 7 nitrogen and oxygen atoms in total. The fraction of sp³-hybridized carbons (Fsp3) is 0.238. The topological polar surface area (TPSA) is 90.4 Å². The maximum atomic E-state index is 12.5. The molecule has 0 saturated carbocycles. The van der Waals surface area contributed by atoms with Crippen LogP contribution in [0.25, 0.3) is 11.0 Å². The summed E-state index contributed by atoms with van der Waals surface area (Å²) in [5.74, 6) is -0.539. The molecule has 3 aromatic rings. The van der Waals surface area contributed by atoms with Crippen molar-refractivity contribution < 1.29 is 19.1 Å². The van der Waals surface area contributed by atoms with Gasteiger partial charge in [-0.15, -0.1) is 0 Å². The number of aromatic nitrogens is 2. The number of ether oxygens (including phenoxy) is 2. The van der Waals surface area contributed by atoms with Crippen LogP contribution >= 0.6 is 0 Å². The summed E-state index contributed by atoms with van der Waals surface area (Å²) < 4.78 is 10.5. The first-order valence-corrected chi connectivity index (χ1v) is 8.79. The lowest BCUT2D eigenvalue weighted by atomic mass is 10.2. The summed E-state index contributed by atoms with van der Waals surface area (Å²) in [7, 11) is 1.51. The zero-order valence-electron chi connectivity index (χ0n) is 16.1. The van der Waals surface area contributed by atoms with Gasteiger partial charge in [0.2, 0.25) is 0 Å². The first-order chi connectivity index (χ1) is 13.4. The molecule has 1 atom stereocenters. The first-order valence-electron chi connectivity index (χ1n) is 8.79. The smallest absolute Gasteiger partial charge is 0.338 e. The zero-order valence-corrected chi connectivity index (χ0v) is 16.1. The number of esters is 1. The van der Waals surface area contributed by atoms with Crippen molar-refractivity contribution in [2.75, 3.05) is 12.4 Å². The Hall–Kier alpha value is -3.48. The number of benzene rings is 2. The van der Waals surface area contributed by atoms with Gasteiger partial charge in [0, 0.05) is 0 Å². The molecule has 144 valence electrons. The highest BCUT2D eigenvalue weighted by molar-refractivity contribution is 5.99. The summed E-state index contributed by atoms with van der Waals surface area (Å²) in [6, 6.07) is 11.9. The Kier molecular flexibility index (Phi) is 5.54. The monoisotopic (exact) mass is 379 g/mol. The molecule has 1 aromatic heterocycles. The molecule has 1 amide bonds. The van der Waals surface area contributed by atoms with E-state index in [1.807, 2.05) is 13.8 Å². The first kappa shape index (κ1) is 19.3. The van der Waals surface area contributed by atoms with Crippen molar-refractivity contribution in [2.45, 2.75) is 26.9 Å². The van der Waals surface area contributed by atoms with Gasteiger partial charge in [-0.3, -0.25) is 4.79 Å². The third-order valence-corrected chi connectivity index (χ3v) is 4.33. The molecular formula is C21H21N3O4. The van der Waals surface area contributed by atoms with E-state index in [0.29, 0.717) is 28.0 Å². The second-order valence-corrected chi connectivity index (χ2v) is 6.33. The van der Waals surface area contributed by atoms with E-state index in [2.05, 4.69) is 15.3 Å². The number of fused-ring (bicyclic) bond motifs is 1. The molecule has 0 unspecified atom stereocenters. The molecule has 0 aliphatic carbocycles. The van der Waals surface area contributed by atoms with Crippen LogP contribution in [0.2, 0.25) is 0 Å². The van der Waals surface area contributed by atoms with Crippen LogP contribution in [0.4, 0.5) is 5.69 Å². The van der Waals surface area contributed by atoms with Gasteiger partial charge in [-0.05, 0) is 51.1 Å². The summed E-state index contributed by atoms with van der Waals surface area (Å²) in [6.45, 7) is 5.25. The Morgan fingerprint density at radius 2 is 1.68 bits per heavy atom. The van der Waals surface area contributed by atoms with E-state index >= 15 is 0 Å². The van der Waals surface area contributed by atoms with E-state index in [1.54, 1.807) is 42.5 Å². The van der Waals surface area contributed by atoms with Gasteiger partial charge in [-0.1, -0.05) is 12.1 Å². The molecule has 0 radical (unpaired) electrons. The third kappa shape index (κ3) is 4.09. The molecule has 1 N–H and O–H groups in total. The number of rotatable bonds is 5. The van der Waals surface area contributed by atoms with Crippen molar-refractivity contribution in [1.29, 1.82) is 0 Å². The number of nitrogens with one attached hydrogen (secondary N) is 1. The van der Waals surface area contributed by atoms with Crippen LogP contribution in [-0.2, 0) is 9.53 Å². The second-order valence-electron chi connectivity index (χ2n) is 6.33. The Labute approximate surface area is 162 Å². The fourth-order valence-electron chi connectivity index (χ4n) is 2.62. The number of nitrogens with zero attached hydrogens (tertiary/aromatic N) is 2. The molecule has 0 fully saturated rings. The molecule has 28 heavy (non-hydrogen) atoms. The fourth-order valence-corrected chi connectivity index (χ4v) is 2.62. The molecule has 1 heterocycles. The van der Waals surface area contributed by atoms with Crippen molar-refractivity contribution in [3.05, 3.63) is 59.4 Å². The van der Waals surface area contributed by atoms with Gasteiger partial charge in [0.1, 0.15) is 5.75 Å². The lowest BCUT2D eigenvalue weighted by Crippen LogP contribution is -2.30. The number of anilines is 1. The lowest BCUT2D eigenvalue weighted by Gasteiger charge is -2.15. The molecule has 2 aromatic carbocycles. The van der Waals surface area contributed by atoms with Crippen molar-refractivity contribution in [2.24, 2.45) is 0 Å². The largest absolute Gasteiger partial charge is 0.495 e. The number of methoxy groups -OCH3 is 1. The lowest BCUT2D eigenvalue weighted by molar-refractivity contribution is -0.123. The Morgan fingerprint density at radius 1 is 1.00 bits per heavy atom. The van der Waals surface area contributed by atoms with Crippen LogP contribution in [0.3, 0.4) is 0 Å². The number of carbonyl (C=O) groups excluding carboxylic acids is 2. The summed E-state index contributed by atoms with van der Waals surface area (Å²) in [6.07, 6.45) is -0.987. The number of carbonyl (C=O) groups is 2. The maximum Gasteiger partial charge on any atom is 0.338 e. The van der Waals surface area contributed by atoms with Crippen LogP contribution < -0.4 is 10.1 Å². The van der Waals surface area contributed by atoms with Crippen LogP contribution in [0.15, 0.2) is 42.5 Å². The van der Waals surface area contributed by atoms with Gasteiger partial charge in [0.15, 0.2) is 6.10 Å². The van der Waals surface area contributed by atoms with E-state index in [1.165, 1.54) is 14.0 Å². The highest BCUT2D eigenvalue weighted by atomic mass is 16.5. The van der Waals surface area contributed by atoms with E-state index in [0.717, 1.165) is 11.4 Å². The minimum atomic E-state index is -0.987. The average Bonchev–Trinajstić information content (AvgIpc) is 2.68. The van der Waals surface area contributed by atoms with Crippen LogP contribution in [-0.4, -0.2) is 35.1 Å². The highest BCUT2D eigenvalue weighted by Gasteiger charge is 2.20. The molecule has 3 rings (SSSR count). The quantitative estimate of drug-likeness (QED) is 0.683. The predicted molar refractivity (Wildman–Crippen MR) is 106 cm³/mol. The van der Waals surface area contributed by atoms with E-state index in [-0.39, 0.29) is 0 Å². The summed E-state index contributed by atoms with van der Waals surface area (Å²) in [5.41, 5.74) is 3.74. The number of hydrogen-bond acceptors (Lipinski definition) is 6. The third-order valence-electron chi connectivity index (χ3n) is 4.33. The van der Waals surface area contributed by atoms with Gasteiger partial charge in [-0.25, -0.2) is 14.8 Å². The number of hydrogen-bond donors (Lipinski definition) is 1. The minimum Gasteiger partial charge on any atom is -0.495 e. The molecule has 0 aliphatic rings. The second kappa shape index (κ2) is 8.04. The van der Waals surface area contributed by atoms with Crippen molar-refractivity contribution in [3.63, 3.8) is 0 Å². The number of amides is 1. The summed E-state index contributed by atoms with van der Waals surface area (Å²) in [4.78, 5) is 33.7. The minimum absolute atomic E-state index is 0.307. The molecule has 0 spiro atoms. The summed E-state index contributed by atoms with van der Waals surface area (Å²) >= 11 is 0. The number of para-hydroxylation sites is 2. The van der Waals surface area contributed by atoms with E-state index in [9.17, 15) is 9.59 Å². The zero-order chi connectivity index (χ0) is 20.3. The normalized spacial score (nSPS) is 11.7. The van der Waals surface area contributed by atoms with Gasteiger partial charge in [0.25, 0.3) is 5.91 Å². The standard InChI is InChI=1S/C21H21N3O4/c1-12-13(2)23-18-11-15(9-10-16(18)22-12)21(26)28-14(3)20(25)24-17-7-5-6-8-19(17)27-4/h5-11,14H,1-4H3,(H,24,25)/t14-/m1/s1. The molecule has 0 aliphatic heterocycles. The molecule has 7 heteroatoms. The Bertz CT molecular complexity index is 1050.